The van der Waals surface area contributed by atoms with Gasteiger partial charge in [-0.15, -0.1) is 0 Å². The maximum atomic E-state index is 11.9. The molecule has 1 aliphatic heterocycles. The number of hydrogen-bond donors (Lipinski definition) is 1. The van der Waals surface area contributed by atoms with Crippen LogP contribution in [0.15, 0.2) is 29.3 Å². The van der Waals surface area contributed by atoms with Crippen LogP contribution in [0.25, 0.3) is 0 Å². The molecule has 0 bridgehead atoms. The van der Waals surface area contributed by atoms with Gasteiger partial charge in [0.1, 0.15) is 0 Å². The molecule has 1 aromatic rings. The molecule has 0 radical (unpaired) electrons. The minimum Gasteiger partial charge on any atom is -0.381 e. The van der Waals surface area contributed by atoms with Crippen molar-refractivity contribution in [2.75, 3.05) is 47.9 Å². The summed E-state index contributed by atoms with van der Waals surface area (Å²) in [6, 6.07) is 7.71. The molecule has 1 aromatic carbocycles. The van der Waals surface area contributed by atoms with E-state index < -0.39 is 0 Å². The molecule has 0 unspecified atom stereocenters. The van der Waals surface area contributed by atoms with Crippen molar-refractivity contribution in [2.45, 2.75) is 25.8 Å². The van der Waals surface area contributed by atoms with Gasteiger partial charge in [-0.25, -0.2) is 0 Å². The van der Waals surface area contributed by atoms with Gasteiger partial charge >= 0.3 is 0 Å². The highest BCUT2D eigenvalue weighted by Crippen LogP contribution is 2.18. The number of benzene rings is 1. The summed E-state index contributed by atoms with van der Waals surface area (Å²) in [5.74, 6) is 1.67. The van der Waals surface area contributed by atoms with Crippen LogP contribution >= 0.6 is 0 Å². The molecule has 1 fully saturated rings. The first kappa shape index (κ1) is 20.2. The third-order valence-corrected chi connectivity index (χ3v) is 4.84. The summed E-state index contributed by atoms with van der Waals surface area (Å²) in [5.41, 5.74) is 1.83. The van der Waals surface area contributed by atoms with Crippen molar-refractivity contribution < 1.29 is 9.53 Å². The summed E-state index contributed by atoms with van der Waals surface area (Å²) in [7, 11) is 7.41. The van der Waals surface area contributed by atoms with Crippen molar-refractivity contribution in [3.63, 3.8) is 0 Å². The first-order valence-electron chi connectivity index (χ1n) is 9.31. The molecule has 0 aliphatic carbocycles. The number of rotatable bonds is 6. The van der Waals surface area contributed by atoms with Crippen LogP contribution in [-0.4, -0.2) is 69.6 Å². The lowest BCUT2D eigenvalue weighted by Crippen LogP contribution is -2.39. The van der Waals surface area contributed by atoms with Crippen LogP contribution in [0.4, 0.5) is 0 Å². The number of amides is 1. The van der Waals surface area contributed by atoms with Crippen LogP contribution in [-0.2, 0) is 11.3 Å². The van der Waals surface area contributed by atoms with Crippen molar-refractivity contribution in [3.05, 3.63) is 35.4 Å². The van der Waals surface area contributed by atoms with Gasteiger partial charge in [0.15, 0.2) is 5.96 Å². The van der Waals surface area contributed by atoms with E-state index in [4.69, 9.17) is 4.74 Å². The van der Waals surface area contributed by atoms with Crippen LogP contribution in [0, 0.1) is 5.92 Å². The maximum absolute atomic E-state index is 11.9. The summed E-state index contributed by atoms with van der Waals surface area (Å²) >= 11 is 0. The fraction of sp³-hybridized carbons (Fsp3) is 0.600. The fourth-order valence-electron chi connectivity index (χ4n) is 3.11. The Morgan fingerprint density at radius 1 is 1.19 bits per heavy atom. The quantitative estimate of drug-likeness (QED) is 0.624. The van der Waals surface area contributed by atoms with Crippen LogP contribution in [0.5, 0.6) is 0 Å². The largest absolute Gasteiger partial charge is 0.381 e. The van der Waals surface area contributed by atoms with E-state index in [0.29, 0.717) is 12.1 Å². The zero-order valence-corrected chi connectivity index (χ0v) is 16.5. The average molecular weight is 361 g/mol. The number of carbonyl (C=O) groups is 1. The van der Waals surface area contributed by atoms with Crippen molar-refractivity contribution in [1.82, 2.24) is 15.1 Å². The van der Waals surface area contributed by atoms with E-state index in [2.05, 4.69) is 22.3 Å². The molecule has 1 amide bonds. The van der Waals surface area contributed by atoms with E-state index in [1.54, 1.807) is 19.0 Å². The fourth-order valence-corrected chi connectivity index (χ4v) is 3.11. The number of hydrogen-bond acceptors (Lipinski definition) is 3. The van der Waals surface area contributed by atoms with Gasteiger partial charge in [-0.3, -0.25) is 9.79 Å². The molecule has 0 atom stereocenters. The van der Waals surface area contributed by atoms with Gasteiger partial charge < -0.3 is 19.9 Å². The van der Waals surface area contributed by atoms with Crippen molar-refractivity contribution in [2.24, 2.45) is 10.9 Å². The standard InChI is InChI=1S/C20H32N4O2/c1-21-20(24(4)12-9-16-10-13-26-14-11-16)22-15-17-5-7-18(8-6-17)19(25)23(2)3/h5-8,16H,9-15H2,1-4H3,(H,21,22). The molecule has 26 heavy (non-hydrogen) atoms. The highest BCUT2D eigenvalue weighted by atomic mass is 16.5. The Morgan fingerprint density at radius 3 is 2.42 bits per heavy atom. The molecule has 144 valence electrons. The van der Waals surface area contributed by atoms with Gasteiger partial charge in [0.25, 0.3) is 5.91 Å². The van der Waals surface area contributed by atoms with Crippen LogP contribution in [0.2, 0.25) is 0 Å². The summed E-state index contributed by atoms with van der Waals surface area (Å²) in [5, 5.41) is 3.40. The van der Waals surface area contributed by atoms with Crippen molar-refractivity contribution in [1.29, 1.82) is 0 Å². The Hall–Kier alpha value is -2.08. The molecule has 1 aliphatic rings. The summed E-state index contributed by atoms with van der Waals surface area (Å²) in [6.07, 6.45) is 3.50. The molecule has 6 heteroatoms. The highest BCUT2D eigenvalue weighted by molar-refractivity contribution is 5.93. The first-order chi connectivity index (χ1) is 12.5. The second-order valence-electron chi connectivity index (χ2n) is 7.06. The van der Waals surface area contributed by atoms with E-state index >= 15 is 0 Å². The number of guanidine groups is 1. The topological polar surface area (TPSA) is 57.2 Å². The summed E-state index contributed by atoms with van der Waals surface area (Å²) in [4.78, 5) is 20.1. The zero-order valence-electron chi connectivity index (χ0n) is 16.5. The summed E-state index contributed by atoms with van der Waals surface area (Å²) < 4.78 is 5.43. The number of carbonyl (C=O) groups excluding carboxylic acids is 1. The molecule has 1 N–H and O–H groups in total. The number of aliphatic imine (C=N–C) groups is 1. The lowest BCUT2D eigenvalue weighted by atomic mass is 9.96. The van der Waals surface area contributed by atoms with Gasteiger partial charge in [-0.05, 0) is 42.9 Å². The second-order valence-corrected chi connectivity index (χ2v) is 7.06. The lowest BCUT2D eigenvalue weighted by Gasteiger charge is -2.26. The van der Waals surface area contributed by atoms with E-state index in [1.165, 1.54) is 6.42 Å². The predicted molar refractivity (Wildman–Crippen MR) is 105 cm³/mol. The number of ether oxygens (including phenoxy) is 1. The smallest absolute Gasteiger partial charge is 0.253 e. The summed E-state index contributed by atoms with van der Waals surface area (Å²) in [6.45, 7) is 3.46. The van der Waals surface area contributed by atoms with Gasteiger partial charge in [0, 0.05) is 60.1 Å². The lowest BCUT2D eigenvalue weighted by molar-refractivity contribution is 0.0625. The Balaban J connectivity index is 1.81. The Kier molecular flexibility index (Phi) is 7.91. The van der Waals surface area contributed by atoms with E-state index in [0.717, 1.165) is 50.0 Å². The Bertz CT molecular complexity index is 592. The minimum absolute atomic E-state index is 0.0214. The van der Waals surface area contributed by atoms with Crippen LogP contribution in [0.3, 0.4) is 0 Å². The molecule has 0 saturated carbocycles. The molecule has 1 saturated heterocycles. The SMILES string of the molecule is CN=C(NCc1ccc(C(=O)N(C)C)cc1)N(C)CCC1CCOCC1. The first-order valence-corrected chi connectivity index (χ1v) is 9.31. The van der Waals surface area contributed by atoms with E-state index in [-0.39, 0.29) is 5.91 Å². The molecule has 2 rings (SSSR count). The normalized spacial score (nSPS) is 15.6. The molecular formula is C20H32N4O2. The molecular weight excluding hydrogens is 328 g/mol. The molecule has 1 heterocycles. The number of nitrogens with zero attached hydrogens (tertiary/aromatic N) is 3. The highest BCUT2D eigenvalue weighted by Gasteiger charge is 2.15. The third-order valence-electron chi connectivity index (χ3n) is 4.84. The molecule has 6 nitrogen and oxygen atoms in total. The van der Waals surface area contributed by atoms with E-state index in [1.807, 2.05) is 31.3 Å². The van der Waals surface area contributed by atoms with Gasteiger partial charge in [0.2, 0.25) is 0 Å². The Morgan fingerprint density at radius 2 is 1.85 bits per heavy atom. The van der Waals surface area contributed by atoms with Gasteiger partial charge in [0.05, 0.1) is 0 Å². The van der Waals surface area contributed by atoms with Gasteiger partial charge in [-0.2, -0.15) is 0 Å². The number of nitrogens with one attached hydrogen (secondary N) is 1. The van der Waals surface area contributed by atoms with Crippen LogP contribution in [0.1, 0.15) is 35.2 Å². The predicted octanol–water partition coefficient (Wildman–Crippen LogP) is 2.21. The third kappa shape index (κ3) is 6.02. The zero-order chi connectivity index (χ0) is 18.9. The monoisotopic (exact) mass is 360 g/mol. The minimum atomic E-state index is 0.0214. The second kappa shape index (κ2) is 10.2. The van der Waals surface area contributed by atoms with Crippen molar-refractivity contribution in [3.8, 4) is 0 Å². The average Bonchev–Trinajstić information content (AvgIpc) is 2.67. The molecule has 0 spiro atoms. The maximum Gasteiger partial charge on any atom is 0.253 e. The molecule has 0 aromatic heterocycles. The van der Waals surface area contributed by atoms with E-state index in [9.17, 15) is 4.79 Å². The van der Waals surface area contributed by atoms with Gasteiger partial charge in [-0.1, -0.05) is 12.1 Å². The van der Waals surface area contributed by atoms with Crippen LogP contribution < -0.4 is 5.32 Å². The van der Waals surface area contributed by atoms with Crippen molar-refractivity contribution >= 4 is 11.9 Å². The Labute approximate surface area is 157 Å².